The van der Waals surface area contributed by atoms with Gasteiger partial charge in [0.2, 0.25) is 0 Å². The number of fused-ring (bicyclic) bond motifs is 6. The summed E-state index contributed by atoms with van der Waals surface area (Å²) in [6.07, 6.45) is 7.42. The molecule has 0 spiro atoms. The molecule has 4 aliphatic rings. The Balaban J connectivity index is 1.15. The Morgan fingerprint density at radius 2 is 1.82 bits per heavy atom. The molecular formula is C35H46O5. The molecule has 0 heterocycles. The summed E-state index contributed by atoms with van der Waals surface area (Å²) in [4.78, 5) is 27.0. The molecule has 0 amide bonds. The Bertz CT molecular complexity index is 1270. The van der Waals surface area contributed by atoms with Gasteiger partial charge in [-0.1, -0.05) is 51.1 Å². The minimum atomic E-state index is -0.364. The summed E-state index contributed by atoms with van der Waals surface area (Å²) < 4.78 is 11.9. The summed E-state index contributed by atoms with van der Waals surface area (Å²) in [6, 6.07) is 13.8. The summed E-state index contributed by atoms with van der Waals surface area (Å²) in [5.74, 6) is 2.81. The Hall–Kier alpha value is -2.24. The Morgan fingerprint density at radius 1 is 1.05 bits per heavy atom. The van der Waals surface area contributed by atoms with Gasteiger partial charge in [0.05, 0.1) is 12.2 Å². The van der Waals surface area contributed by atoms with Crippen molar-refractivity contribution in [1.29, 1.82) is 0 Å². The fourth-order valence-electron chi connectivity index (χ4n) is 10.0. The van der Waals surface area contributed by atoms with E-state index in [1.165, 1.54) is 0 Å². The largest absolute Gasteiger partial charge is 0.427 e. The van der Waals surface area contributed by atoms with Gasteiger partial charge in [0.25, 0.3) is 0 Å². The molecule has 0 aliphatic heterocycles. The predicted molar refractivity (Wildman–Crippen MR) is 156 cm³/mol. The van der Waals surface area contributed by atoms with Crippen LogP contribution in [-0.4, -0.2) is 36.2 Å². The normalized spacial score (nSPS) is 39.7. The molecule has 2 aromatic carbocycles. The van der Waals surface area contributed by atoms with E-state index in [0.29, 0.717) is 48.0 Å². The lowest BCUT2D eigenvalue weighted by molar-refractivity contribution is -0.186. The molecule has 5 heteroatoms. The maximum atomic E-state index is 14.1. The van der Waals surface area contributed by atoms with Crippen LogP contribution in [0.1, 0.15) is 78.6 Å². The summed E-state index contributed by atoms with van der Waals surface area (Å²) in [5, 5.41) is 12.6. The molecule has 0 radical (unpaired) electrons. The van der Waals surface area contributed by atoms with Gasteiger partial charge >= 0.3 is 5.97 Å². The molecule has 40 heavy (non-hydrogen) atoms. The molecule has 216 valence electrons. The highest BCUT2D eigenvalue weighted by Gasteiger charge is 2.66. The number of ether oxygens (including phenoxy) is 2. The van der Waals surface area contributed by atoms with Crippen LogP contribution >= 0.6 is 0 Å². The number of carbonyl (C=O) groups excluding carboxylic acids is 2. The van der Waals surface area contributed by atoms with Gasteiger partial charge in [0, 0.05) is 25.4 Å². The van der Waals surface area contributed by atoms with Crippen LogP contribution in [0.2, 0.25) is 0 Å². The lowest BCUT2D eigenvalue weighted by Gasteiger charge is -2.62. The zero-order chi connectivity index (χ0) is 28.2. The quantitative estimate of drug-likeness (QED) is 0.312. The van der Waals surface area contributed by atoms with Crippen LogP contribution in [0.25, 0.3) is 10.8 Å². The van der Waals surface area contributed by atoms with Gasteiger partial charge in [0.1, 0.15) is 11.5 Å². The van der Waals surface area contributed by atoms with E-state index in [4.69, 9.17) is 9.47 Å². The number of hydrogen-bond acceptors (Lipinski definition) is 5. The van der Waals surface area contributed by atoms with Crippen molar-refractivity contribution in [2.24, 2.45) is 46.3 Å². The topological polar surface area (TPSA) is 72.8 Å². The van der Waals surface area contributed by atoms with Crippen LogP contribution in [-0.2, 0) is 14.3 Å². The number of ketones is 1. The fourth-order valence-corrected chi connectivity index (χ4v) is 10.0. The number of rotatable bonds is 6. The monoisotopic (exact) mass is 546 g/mol. The molecule has 0 saturated heterocycles. The average molecular weight is 547 g/mol. The van der Waals surface area contributed by atoms with Crippen LogP contribution in [0.15, 0.2) is 42.5 Å². The zero-order valence-corrected chi connectivity index (χ0v) is 24.6. The molecule has 2 aromatic rings. The first-order valence-corrected chi connectivity index (χ1v) is 15.6. The van der Waals surface area contributed by atoms with Crippen molar-refractivity contribution in [2.45, 2.75) is 90.8 Å². The van der Waals surface area contributed by atoms with E-state index in [1.54, 1.807) is 0 Å². The van der Waals surface area contributed by atoms with E-state index < -0.39 is 0 Å². The van der Waals surface area contributed by atoms with Crippen molar-refractivity contribution in [3.8, 4) is 5.75 Å². The maximum Gasteiger partial charge on any atom is 0.311 e. The second kappa shape index (κ2) is 10.5. The van der Waals surface area contributed by atoms with E-state index in [9.17, 15) is 14.7 Å². The predicted octanol–water partition coefficient (Wildman–Crippen LogP) is 6.99. The summed E-state index contributed by atoms with van der Waals surface area (Å²) >= 11 is 0. The van der Waals surface area contributed by atoms with E-state index in [-0.39, 0.29) is 40.8 Å². The number of hydrogen-bond donors (Lipinski definition) is 1. The van der Waals surface area contributed by atoms with Gasteiger partial charge < -0.3 is 14.6 Å². The maximum absolute atomic E-state index is 14.1. The molecule has 6 rings (SSSR count). The minimum Gasteiger partial charge on any atom is -0.427 e. The standard InChI is InChI=1S/C35H46O5/c1-21(9-14-32(38)40-26-11-10-22-7-5-6-8-23(22)17-26)27-12-13-28-33-29(20-31(37)35(27,28)3)34(2)16-15-25(36)18-24(34)19-30(33)39-4/h5-8,10-11,17,21,24-25,27-30,33,36H,9,12-16,18-20H2,1-4H3/t21-,24+,25-,27-,28+,29+,30-,33+,34+,35-/m1/s1. The number of esters is 1. The van der Waals surface area contributed by atoms with Crippen molar-refractivity contribution in [3.63, 3.8) is 0 Å². The van der Waals surface area contributed by atoms with Crippen LogP contribution in [0.4, 0.5) is 0 Å². The number of aliphatic hydroxyl groups excluding tert-OH is 1. The number of methoxy groups -OCH3 is 1. The molecular weight excluding hydrogens is 500 g/mol. The third-order valence-electron chi connectivity index (χ3n) is 12.3. The van der Waals surface area contributed by atoms with Crippen molar-refractivity contribution in [2.75, 3.05) is 7.11 Å². The van der Waals surface area contributed by atoms with Gasteiger partial charge in [0.15, 0.2) is 0 Å². The van der Waals surface area contributed by atoms with Crippen molar-refractivity contribution in [1.82, 2.24) is 0 Å². The summed E-state index contributed by atoms with van der Waals surface area (Å²) in [7, 11) is 1.84. The highest BCUT2D eigenvalue weighted by Crippen LogP contribution is 2.67. The molecule has 10 atom stereocenters. The number of benzene rings is 2. The van der Waals surface area contributed by atoms with Gasteiger partial charge in [-0.25, -0.2) is 0 Å². The second-order valence-electron chi connectivity index (χ2n) is 14.0. The highest BCUT2D eigenvalue weighted by atomic mass is 16.5. The third kappa shape index (κ3) is 4.52. The molecule has 4 aliphatic carbocycles. The first kappa shape index (κ1) is 27.9. The smallest absolute Gasteiger partial charge is 0.311 e. The highest BCUT2D eigenvalue weighted by molar-refractivity contribution is 5.87. The Labute approximate surface area is 239 Å². The first-order chi connectivity index (χ1) is 19.1. The van der Waals surface area contributed by atoms with Gasteiger partial charge in [-0.2, -0.15) is 0 Å². The molecule has 0 bridgehead atoms. The lowest BCUT2D eigenvalue weighted by Crippen LogP contribution is -2.61. The molecule has 4 saturated carbocycles. The van der Waals surface area contributed by atoms with Gasteiger partial charge in [-0.15, -0.1) is 0 Å². The van der Waals surface area contributed by atoms with E-state index in [2.05, 4.69) is 20.8 Å². The minimum absolute atomic E-state index is 0.103. The SMILES string of the molecule is CO[C@@H]1C[C@@H]2C[C@H](O)CC[C@]2(C)[C@H]2CC(=O)[C@]3(C)[C@@H]([C@H](C)CCC(=O)Oc4ccc5ccccc5c4)CC[C@H]3[C@H]12. The third-order valence-corrected chi connectivity index (χ3v) is 12.3. The molecule has 4 fully saturated rings. The van der Waals surface area contributed by atoms with Crippen molar-refractivity contribution >= 4 is 22.5 Å². The zero-order valence-electron chi connectivity index (χ0n) is 24.6. The number of aliphatic hydroxyl groups is 1. The summed E-state index contributed by atoms with van der Waals surface area (Å²) in [6.45, 7) is 6.87. The van der Waals surface area contributed by atoms with Crippen molar-refractivity contribution < 1.29 is 24.2 Å². The van der Waals surface area contributed by atoms with Crippen LogP contribution < -0.4 is 4.74 Å². The number of carbonyl (C=O) groups is 2. The molecule has 1 N–H and O–H groups in total. The fraction of sp³-hybridized carbons (Fsp3) is 0.657. The van der Waals surface area contributed by atoms with Crippen molar-refractivity contribution in [3.05, 3.63) is 42.5 Å². The average Bonchev–Trinajstić information content (AvgIpc) is 3.31. The number of Topliss-reactive ketones (excluding diaryl/α,β-unsaturated/α-hetero) is 1. The Morgan fingerprint density at radius 3 is 2.60 bits per heavy atom. The van der Waals surface area contributed by atoms with Gasteiger partial charge in [-0.05, 0) is 109 Å². The summed E-state index contributed by atoms with van der Waals surface area (Å²) in [5.41, 5.74) is -0.261. The van der Waals surface area contributed by atoms with E-state index in [0.717, 1.165) is 55.7 Å². The molecule has 0 unspecified atom stereocenters. The second-order valence-corrected chi connectivity index (χ2v) is 14.0. The van der Waals surface area contributed by atoms with Gasteiger partial charge in [-0.3, -0.25) is 9.59 Å². The Kier molecular flexibility index (Phi) is 7.36. The van der Waals surface area contributed by atoms with Crippen LogP contribution in [0, 0.1) is 46.3 Å². The lowest BCUT2D eigenvalue weighted by atomic mass is 9.43. The van der Waals surface area contributed by atoms with Crippen LogP contribution in [0.5, 0.6) is 5.75 Å². The van der Waals surface area contributed by atoms with E-state index in [1.807, 2.05) is 49.6 Å². The van der Waals surface area contributed by atoms with E-state index >= 15 is 0 Å². The first-order valence-electron chi connectivity index (χ1n) is 15.6. The van der Waals surface area contributed by atoms with Crippen LogP contribution in [0.3, 0.4) is 0 Å². The molecule has 0 aromatic heterocycles. The molecule has 5 nitrogen and oxygen atoms in total.